The maximum absolute atomic E-state index is 12.8. The lowest BCUT2D eigenvalue weighted by Crippen LogP contribution is -2.41. The van der Waals surface area contributed by atoms with E-state index in [0.717, 1.165) is 12.0 Å². The fraction of sp³-hybridized carbons (Fsp3) is 0.364. The van der Waals surface area contributed by atoms with Gasteiger partial charge in [0, 0.05) is 13.1 Å². The van der Waals surface area contributed by atoms with Gasteiger partial charge in [-0.25, -0.2) is 0 Å². The maximum atomic E-state index is 12.8. The largest absolute Gasteiger partial charge is 0.481 e. The van der Waals surface area contributed by atoms with Crippen molar-refractivity contribution in [3.05, 3.63) is 59.7 Å². The molecule has 1 fully saturated rings. The molecule has 1 aliphatic heterocycles. The van der Waals surface area contributed by atoms with Crippen LogP contribution in [0.2, 0.25) is 0 Å². The molecule has 1 saturated heterocycles. The third-order valence-corrected chi connectivity index (χ3v) is 4.74. The normalized spacial score (nSPS) is 15.0. The number of benzene rings is 2. The van der Waals surface area contributed by atoms with Gasteiger partial charge in [-0.1, -0.05) is 37.3 Å². The molecule has 2 amide bonds. The van der Waals surface area contributed by atoms with Gasteiger partial charge >= 0.3 is 0 Å². The summed E-state index contributed by atoms with van der Waals surface area (Å²) in [5, 5.41) is 2.85. The first-order valence-corrected chi connectivity index (χ1v) is 9.61. The summed E-state index contributed by atoms with van der Waals surface area (Å²) in [4.78, 5) is 27.3. The number of amides is 2. The van der Waals surface area contributed by atoms with Crippen molar-refractivity contribution in [2.45, 2.75) is 26.4 Å². The maximum Gasteiger partial charge on any atom is 0.265 e. The van der Waals surface area contributed by atoms with Crippen molar-refractivity contribution in [3.8, 4) is 5.75 Å². The van der Waals surface area contributed by atoms with Gasteiger partial charge in [0.2, 0.25) is 0 Å². The average molecular weight is 382 g/mol. The fourth-order valence-corrected chi connectivity index (χ4v) is 3.10. The number of nitrogens with zero attached hydrogens (tertiary/aromatic N) is 1. The molecular weight excluding hydrogens is 356 g/mol. The highest BCUT2D eigenvalue weighted by Crippen LogP contribution is 2.22. The second-order valence-corrected chi connectivity index (χ2v) is 6.66. The molecule has 2 aromatic carbocycles. The number of rotatable bonds is 6. The highest BCUT2D eigenvalue weighted by molar-refractivity contribution is 6.04. The first kappa shape index (κ1) is 19.9. The van der Waals surface area contributed by atoms with Gasteiger partial charge in [-0.2, -0.15) is 0 Å². The van der Waals surface area contributed by atoms with E-state index in [0.29, 0.717) is 43.3 Å². The zero-order valence-corrected chi connectivity index (χ0v) is 16.3. The van der Waals surface area contributed by atoms with Gasteiger partial charge in [-0.05, 0) is 37.1 Å². The molecule has 148 valence electrons. The van der Waals surface area contributed by atoms with Crippen molar-refractivity contribution < 1.29 is 19.1 Å². The molecule has 28 heavy (non-hydrogen) atoms. The Morgan fingerprint density at radius 3 is 2.54 bits per heavy atom. The molecule has 2 aromatic rings. The summed E-state index contributed by atoms with van der Waals surface area (Å²) in [5.74, 6) is 0.294. The highest BCUT2D eigenvalue weighted by Gasteiger charge is 2.23. The minimum absolute atomic E-state index is 0.107. The predicted octanol–water partition coefficient (Wildman–Crippen LogP) is 3.13. The predicted molar refractivity (Wildman–Crippen MR) is 108 cm³/mol. The number of anilines is 1. The summed E-state index contributed by atoms with van der Waals surface area (Å²) in [5.41, 5.74) is 2.01. The molecular formula is C22H26N2O4. The van der Waals surface area contributed by atoms with Crippen LogP contribution < -0.4 is 10.1 Å². The van der Waals surface area contributed by atoms with Crippen molar-refractivity contribution in [1.82, 2.24) is 4.90 Å². The first-order chi connectivity index (χ1) is 13.6. The SMILES string of the molecule is CCc1ccccc1OC(C)C(=O)Nc1ccccc1C(=O)N1CCOCC1. The second kappa shape index (κ2) is 9.37. The van der Waals surface area contributed by atoms with Gasteiger partial charge in [0.1, 0.15) is 5.75 Å². The second-order valence-electron chi connectivity index (χ2n) is 6.66. The Morgan fingerprint density at radius 2 is 1.79 bits per heavy atom. The molecule has 1 N–H and O–H groups in total. The van der Waals surface area contributed by atoms with E-state index in [1.54, 1.807) is 36.1 Å². The molecule has 3 rings (SSSR count). The van der Waals surface area contributed by atoms with Crippen molar-refractivity contribution in [2.24, 2.45) is 0 Å². The van der Waals surface area contributed by atoms with Crippen LogP contribution in [-0.4, -0.2) is 49.1 Å². The molecule has 1 unspecified atom stereocenters. The van der Waals surface area contributed by atoms with E-state index in [1.807, 2.05) is 31.2 Å². The molecule has 1 atom stereocenters. The van der Waals surface area contributed by atoms with Crippen LogP contribution in [0, 0.1) is 0 Å². The van der Waals surface area contributed by atoms with Crippen LogP contribution in [0.4, 0.5) is 5.69 Å². The van der Waals surface area contributed by atoms with Crippen molar-refractivity contribution in [3.63, 3.8) is 0 Å². The van der Waals surface area contributed by atoms with Crippen LogP contribution in [-0.2, 0) is 16.0 Å². The van der Waals surface area contributed by atoms with Gasteiger partial charge in [0.25, 0.3) is 11.8 Å². The minimum atomic E-state index is -0.695. The van der Waals surface area contributed by atoms with E-state index in [9.17, 15) is 9.59 Å². The van der Waals surface area contributed by atoms with Crippen molar-refractivity contribution in [1.29, 1.82) is 0 Å². The Morgan fingerprint density at radius 1 is 1.11 bits per heavy atom. The summed E-state index contributed by atoms with van der Waals surface area (Å²) < 4.78 is 11.2. The summed E-state index contributed by atoms with van der Waals surface area (Å²) in [6.07, 6.45) is 0.126. The Bertz CT molecular complexity index is 831. The number of carbonyl (C=O) groups excluding carboxylic acids is 2. The lowest BCUT2D eigenvalue weighted by atomic mass is 10.1. The Kier molecular flexibility index (Phi) is 6.66. The zero-order valence-electron chi connectivity index (χ0n) is 16.3. The molecule has 0 saturated carbocycles. The molecule has 6 nitrogen and oxygen atoms in total. The van der Waals surface area contributed by atoms with Crippen LogP contribution >= 0.6 is 0 Å². The third-order valence-electron chi connectivity index (χ3n) is 4.74. The van der Waals surface area contributed by atoms with Crippen LogP contribution in [0.1, 0.15) is 29.8 Å². The van der Waals surface area contributed by atoms with Gasteiger partial charge in [0.15, 0.2) is 6.10 Å². The lowest BCUT2D eigenvalue weighted by molar-refractivity contribution is -0.122. The highest BCUT2D eigenvalue weighted by atomic mass is 16.5. The zero-order chi connectivity index (χ0) is 19.9. The number of aryl methyl sites for hydroxylation is 1. The molecule has 6 heteroatoms. The Labute approximate surface area is 165 Å². The number of hydrogen-bond acceptors (Lipinski definition) is 4. The third kappa shape index (κ3) is 4.70. The summed E-state index contributed by atoms with van der Waals surface area (Å²) >= 11 is 0. The molecule has 1 heterocycles. The van der Waals surface area contributed by atoms with Crippen LogP contribution in [0.3, 0.4) is 0 Å². The molecule has 0 spiro atoms. The molecule has 0 aromatic heterocycles. The summed E-state index contributed by atoms with van der Waals surface area (Å²) in [6, 6.07) is 14.7. The van der Waals surface area contributed by atoms with Gasteiger partial charge in [-0.3, -0.25) is 9.59 Å². The number of hydrogen-bond donors (Lipinski definition) is 1. The van der Waals surface area contributed by atoms with E-state index < -0.39 is 6.10 Å². The number of ether oxygens (including phenoxy) is 2. The molecule has 0 radical (unpaired) electrons. The quantitative estimate of drug-likeness (QED) is 0.834. The first-order valence-electron chi connectivity index (χ1n) is 9.61. The number of carbonyl (C=O) groups is 2. The van der Waals surface area contributed by atoms with E-state index >= 15 is 0 Å². The van der Waals surface area contributed by atoms with Gasteiger partial charge in [-0.15, -0.1) is 0 Å². The summed E-state index contributed by atoms with van der Waals surface area (Å²) in [6.45, 7) is 5.90. The molecule has 0 aliphatic carbocycles. The van der Waals surface area contributed by atoms with E-state index in [2.05, 4.69) is 5.32 Å². The number of para-hydroxylation sites is 2. The molecule has 0 bridgehead atoms. The standard InChI is InChI=1S/C22H26N2O4/c1-3-17-8-4-7-11-20(17)28-16(2)21(25)23-19-10-6-5-9-18(19)22(26)24-12-14-27-15-13-24/h4-11,16H,3,12-15H2,1-2H3,(H,23,25). The Hall–Kier alpha value is -2.86. The van der Waals surface area contributed by atoms with Gasteiger partial charge in [0.05, 0.1) is 24.5 Å². The fourth-order valence-electron chi connectivity index (χ4n) is 3.10. The van der Waals surface area contributed by atoms with Crippen LogP contribution in [0.15, 0.2) is 48.5 Å². The van der Waals surface area contributed by atoms with Crippen LogP contribution in [0.25, 0.3) is 0 Å². The van der Waals surface area contributed by atoms with E-state index in [-0.39, 0.29) is 11.8 Å². The number of nitrogens with one attached hydrogen (secondary N) is 1. The van der Waals surface area contributed by atoms with E-state index in [4.69, 9.17) is 9.47 Å². The topological polar surface area (TPSA) is 67.9 Å². The van der Waals surface area contributed by atoms with Crippen molar-refractivity contribution in [2.75, 3.05) is 31.6 Å². The molecule has 1 aliphatic rings. The minimum Gasteiger partial charge on any atom is -0.481 e. The monoisotopic (exact) mass is 382 g/mol. The lowest BCUT2D eigenvalue weighted by Gasteiger charge is -2.27. The smallest absolute Gasteiger partial charge is 0.265 e. The van der Waals surface area contributed by atoms with Crippen LogP contribution in [0.5, 0.6) is 5.75 Å². The Balaban J connectivity index is 1.70. The number of morpholine rings is 1. The van der Waals surface area contributed by atoms with Gasteiger partial charge < -0.3 is 19.7 Å². The summed E-state index contributed by atoms with van der Waals surface area (Å²) in [7, 11) is 0. The average Bonchev–Trinajstić information content (AvgIpc) is 2.74. The van der Waals surface area contributed by atoms with E-state index in [1.165, 1.54) is 0 Å². The van der Waals surface area contributed by atoms with Crippen molar-refractivity contribution >= 4 is 17.5 Å².